The van der Waals surface area contributed by atoms with Gasteiger partial charge < -0.3 is 20.3 Å². The number of aliphatic hydroxyl groups is 2. The highest BCUT2D eigenvalue weighted by Gasteiger charge is 2.10. The number of amides is 1. The quantitative estimate of drug-likeness (QED) is 0.199. The molecule has 2 atom stereocenters. The monoisotopic (exact) mass is 433 g/mol. The van der Waals surface area contributed by atoms with Gasteiger partial charge in [0.1, 0.15) is 6.61 Å². The van der Waals surface area contributed by atoms with E-state index in [4.69, 9.17) is 4.74 Å². The van der Waals surface area contributed by atoms with Gasteiger partial charge in [-0.25, -0.2) is 4.79 Å². The summed E-state index contributed by atoms with van der Waals surface area (Å²) in [5.74, 6) is 0. The maximum absolute atomic E-state index is 11.9. The second-order valence-corrected chi connectivity index (χ2v) is 8.27. The maximum atomic E-state index is 11.9. The van der Waals surface area contributed by atoms with Gasteiger partial charge in [-0.15, -0.1) is 0 Å². The van der Waals surface area contributed by atoms with Crippen LogP contribution < -0.4 is 5.32 Å². The summed E-state index contributed by atoms with van der Waals surface area (Å²) >= 11 is 0. The van der Waals surface area contributed by atoms with Crippen molar-refractivity contribution < 1.29 is 19.7 Å². The van der Waals surface area contributed by atoms with Crippen LogP contribution in [-0.2, 0) is 11.3 Å². The second-order valence-electron chi connectivity index (χ2n) is 8.27. The van der Waals surface area contributed by atoms with E-state index in [2.05, 4.69) is 12.2 Å². The van der Waals surface area contributed by atoms with Crippen molar-refractivity contribution in [2.45, 2.75) is 103 Å². The molecule has 176 valence electrons. The number of nitrogens with one attached hydrogen (secondary N) is 1. The van der Waals surface area contributed by atoms with E-state index < -0.39 is 18.2 Å². The predicted molar refractivity (Wildman–Crippen MR) is 127 cm³/mol. The molecule has 5 nitrogen and oxygen atoms in total. The van der Waals surface area contributed by atoms with E-state index in [0.29, 0.717) is 6.42 Å². The third-order valence-electron chi connectivity index (χ3n) is 5.38. The molecule has 0 aliphatic rings. The molecule has 0 spiro atoms. The number of hydrogen-bond acceptors (Lipinski definition) is 4. The Balaban J connectivity index is 2.07. The van der Waals surface area contributed by atoms with Gasteiger partial charge in [0, 0.05) is 0 Å². The standard InChI is InChI=1S/C26H43NO4/c1-2-3-4-5-6-7-8-9-10-11-15-18-25(29)20-19-24(21-28)27-26(30)31-22-23-16-13-12-14-17-23/h12-14,16-17,19-20,24-25,28-29H,2-11,15,18,21-22H2,1H3,(H,27,30)/b20-19+/t24-,25-/m1/s1. The zero-order valence-corrected chi connectivity index (χ0v) is 19.3. The smallest absolute Gasteiger partial charge is 0.408 e. The van der Waals surface area contributed by atoms with Crippen LogP contribution in [0.5, 0.6) is 0 Å². The molecule has 0 aromatic heterocycles. The molecule has 0 bridgehead atoms. The Kier molecular flexibility index (Phi) is 16.6. The Bertz CT molecular complexity index is 576. The molecule has 3 N–H and O–H groups in total. The highest BCUT2D eigenvalue weighted by Crippen LogP contribution is 2.13. The van der Waals surface area contributed by atoms with Crippen molar-refractivity contribution >= 4 is 6.09 Å². The van der Waals surface area contributed by atoms with E-state index in [1.165, 1.54) is 57.8 Å². The van der Waals surface area contributed by atoms with Crippen molar-refractivity contribution in [2.75, 3.05) is 6.61 Å². The first-order chi connectivity index (χ1) is 15.2. The lowest BCUT2D eigenvalue weighted by molar-refractivity contribution is 0.132. The van der Waals surface area contributed by atoms with Crippen LogP contribution in [0.1, 0.15) is 89.5 Å². The predicted octanol–water partition coefficient (Wildman–Crippen LogP) is 5.89. The SMILES string of the molecule is CCCCCCCCCCCCC[C@@H](O)/C=C/[C@H](CO)NC(=O)OCc1ccccc1. The molecule has 0 saturated heterocycles. The number of hydrogen-bond donors (Lipinski definition) is 3. The molecular weight excluding hydrogens is 390 g/mol. The molecule has 0 fully saturated rings. The van der Waals surface area contributed by atoms with Gasteiger partial charge in [-0.2, -0.15) is 0 Å². The molecular formula is C26H43NO4. The number of alkyl carbamates (subject to hydrolysis) is 1. The van der Waals surface area contributed by atoms with Gasteiger partial charge in [-0.3, -0.25) is 0 Å². The summed E-state index contributed by atoms with van der Waals surface area (Å²) in [6.45, 7) is 2.18. The van der Waals surface area contributed by atoms with Gasteiger partial charge >= 0.3 is 6.09 Å². The minimum Gasteiger partial charge on any atom is -0.445 e. The molecule has 0 saturated carbocycles. The van der Waals surface area contributed by atoms with Crippen molar-refractivity contribution in [2.24, 2.45) is 0 Å². The lowest BCUT2D eigenvalue weighted by Crippen LogP contribution is -2.36. The Morgan fingerprint density at radius 3 is 2.10 bits per heavy atom. The van der Waals surface area contributed by atoms with Crippen LogP contribution in [0.4, 0.5) is 4.79 Å². The number of carbonyl (C=O) groups excluding carboxylic acids is 1. The topological polar surface area (TPSA) is 78.8 Å². The van der Waals surface area contributed by atoms with E-state index in [-0.39, 0.29) is 13.2 Å². The van der Waals surface area contributed by atoms with Gasteiger partial charge in [0.05, 0.1) is 18.8 Å². The number of unbranched alkanes of at least 4 members (excludes halogenated alkanes) is 10. The minimum absolute atomic E-state index is 0.177. The Morgan fingerprint density at radius 1 is 0.935 bits per heavy atom. The Labute approximate surface area is 188 Å². The molecule has 0 unspecified atom stereocenters. The minimum atomic E-state index is -0.590. The molecule has 1 aromatic rings. The molecule has 0 radical (unpaired) electrons. The first kappa shape index (κ1) is 27.2. The van der Waals surface area contributed by atoms with E-state index in [1.54, 1.807) is 12.2 Å². The third kappa shape index (κ3) is 15.6. The van der Waals surface area contributed by atoms with E-state index in [1.807, 2.05) is 30.3 Å². The zero-order chi connectivity index (χ0) is 22.6. The second kappa shape index (κ2) is 18.9. The van der Waals surface area contributed by atoms with Crippen LogP contribution in [-0.4, -0.2) is 35.1 Å². The van der Waals surface area contributed by atoms with Crippen molar-refractivity contribution in [1.82, 2.24) is 5.32 Å². The van der Waals surface area contributed by atoms with Gasteiger partial charge in [0.25, 0.3) is 0 Å². The van der Waals surface area contributed by atoms with Crippen LogP contribution in [0.15, 0.2) is 42.5 Å². The number of ether oxygens (including phenoxy) is 1. The van der Waals surface area contributed by atoms with E-state index in [9.17, 15) is 15.0 Å². The van der Waals surface area contributed by atoms with E-state index >= 15 is 0 Å². The summed E-state index contributed by atoms with van der Waals surface area (Å²) in [5.41, 5.74) is 0.899. The largest absolute Gasteiger partial charge is 0.445 e. The summed E-state index contributed by atoms with van der Waals surface area (Å²) in [6, 6.07) is 8.84. The van der Waals surface area contributed by atoms with Crippen molar-refractivity contribution in [1.29, 1.82) is 0 Å². The van der Waals surface area contributed by atoms with Crippen LogP contribution in [0.25, 0.3) is 0 Å². The fourth-order valence-electron chi connectivity index (χ4n) is 3.45. The third-order valence-corrected chi connectivity index (χ3v) is 5.38. The summed E-state index contributed by atoms with van der Waals surface area (Å²) in [5, 5.41) is 22.2. The van der Waals surface area contributed by atoms with Gasteiger partial charge in [-0.1, -0.05) is 120 Å². The average molecular weight is 434 g/mol. The lowest BCUT2D eigenvalue weighted by atomic mass is 10.0. The molecule has 1 rings (SSSR count). The average Bonchev–Trinajstić information content (AvgIpc) is 2.79. The maximum Gasteiger partial charge on any atom is 0.408 e. The summed E-state index contributed by atoms with van der Waals surface area (Å²) in [6.07, 6.45) is 16.9. The Morgan fingerprint density at radius 2 is 1.52 bits per heavy atom. The van der Waals surface area contributed by atoms with Gasteiger partial charge in [0.15, 0.2) is 0 Å². The number of rotatable bonds is 18. The van der Waals surface area contributed by atoms with Crippen molar-refractivity contribution in [3.05, 3.63) is 48.0 Å². The van der Waals surface area contributed by atoms with Crippen LogP contribution >= 0.6 is 0 Å². The molecule has 31 heavy (non-hydrogen) atoms. The highest BCUT2D eigenvalue weighted by atomic mass is 16.5. The Hall–Kier alpha value is -1.85. The molecule has 1 aromatic carbocycles. The van der Waals surface area contributed by atoms with Crippen LogP contribution in [0.2, 0.25) is 0 Å². The number of aliphatic hydroxyl groups excluding tert-OH is 2. The molecule has 5 heteroatoms. The molecule has 1 amide bonds. The van der Waals surface area contributed by atoms with E-state index in [0.717, 1.165) is 18.4 Å². The summed E-state index contributed by atoms with van der Waals surface area (Å²) in [4.78, 5) is 11.9. The van der Waals surface area contributed by atoms with Crippen LogP contribution in [0, 0.1) is 0 Å². The molecule has 0 aliphatic carbocycles. The first-order valence-corrected chi connectivity index (χ1v) is 12.1. The van der Waals surface area contributed by atoms with Crippen LogP contribution in [0.3, 0.4) is 0 Å². The van der Waals surface area contributed by atoms with Gasteiger partial charge in [0.2, 0.25) is 0 Å². The first-order valence-electron chi connectivity index (χ1n) is 12.1. The number of benzene rings is 1. The normalized spacial score (nSPS) is 13.3. The van der Waals surface area contributed by atoms with Crippen molar-refractivity contribution in [3.63, 3.8) is 0 Å². The molecule has 0 aliphatic heterocycles. The lowest BCUT2D eigenvalue weighted by Gasteiger charge is -2.13. The summed E-state index contributed by atoms with van der Waals surface area (Å²) < 4.78 is 5.15. The number of carbonyl (C=O) groups is 1. The summed E-state index contributed by atoms with van der Waals surface area (Å²) in [7, 11) is 0. The zero-order valence-electron chi connectivity index (χ0n) is 19.3. The fraction of sp³-hybridized carbons (Fsp3) is 0.654. The van der Waals surface area contributed by atoms with Crippen molar-refractivity contribution in [3.8, 4) is 0 Å². The highest BCUT2D eigenvalue weighted by molar-refractivity contribution is 5.67. The van der Waals surface area contributed by atoms with Gasteiger partial charge in [-0.05, 0) is 12.0 Å². The molecule has 0 heterocycles. The fourth-order valence-corrected chi connectivity index (χ4v) is 3.45.